The van der Waals surface area contributed by atoms with Crippen molar-refractivity contribution < 1.29 is 9.59 Å². The first-order chi connectivity index (χ1) is 14.5. The van der Waals surface area contributed by atoms with Gasteiger partial charge in [0, 0.05) is 48.1 Å². The van der Waals surface area contributed by atoms with Crippen LogP contribution in [0, 0.1) is 5.92 Å². The molecule has 2 amide bonds. The number of fused-ring (bicyclic) bond motifs is 1. The number of pyridine rings is 3. The number of rotatable bonds is 4. The van der Waals surface area contributed by atoms with E-state index in [9.17, 15) is 9.59 Å². The maximum Gasteiger partial charge on any atom is 0.252 e. The molecule has 4 heterocycles. The number of likely N-dealkylation sites (tertiary alicyclic amines) is 1. The van der Waals surface area contributed by atoms with Crippen LogP contribution in [0.2, 0.25) is 0 Å². The molecular weight excluding hydrogens is 380 g/mol. The fourth-order valence-corrected chi connectivity index (χ4v) is 3.62. The highest BCUT2D eigenvalue weighted by molar-refractivity contribution is 5.96. The van der Waals surface area contributed by atoms with Gasteiger partial charge in [-0.2, -0.15) is 0 Å². The van der Waals surface area contributed by atoms with Gasteiger partial charge in [-0.3, -0.25) is 19.6 Å². The summed E-state index contributed by atoms with van der Waals surface area (Å²) in [5, 5.41) is 6.40. The molecule has 3 aromatic rings. The molecule has 1 aliphatic heterocycles. The van der Waals surface area contributed by atoms with Crippen LogP contribution in [0.5, 0.6) is 0 Å². The van der Waals surface area contributed by atoms with Crippen LogP contribution in [0.15, 0.2) is 43.0 Å². The smallest absolute Gasteiger partial charge is 0.252 e. The Morgan fingerprint density at radius 3 is 2.53 bits per heavy atom. The molecule has 0 radical (unpaired) electrons. The minimum absolute atomic E-state index is 0.0153. The lowest BCUT2D eigenvalue weighted by Gasteiger charge is -2.27. The molecule has 0 spiro atoms. The van der Waals surface area contributed by atoms with Crippen molar-refractivity contribution in [2.24, 2.45) is 5.92 Å². The summed E-state index contributed by atoms with van der Waals surface area (Å²) in [5.74, 6) is 0.354. The van der Waals surface area contributed by atoms with E-state index in [1.54, 1.807) is 31.7 Å². The SMILES string of the molecule is CNC(=O)c1cncc(-c2cnc3cnc(NC(=O)C4CCN(C)CC4)cc3c2)c1. The molecule has 0 saturated carbocycles. The minimum atomic E-state index is -0.193. The Labute approximate surface area is 174 Å². The zero-order chi connectivity index (χ0) is 21.1. The summed E-state index contributed by atoms with van der Waals surface area (Å²) < 4.78 is 0. The molecule has 1 saturated heterocycles. The van der Waals surface area contributed by atoms with Gasteiger partial charge in [0.2, 0.25) is 5.91 Å². The second-order valence-corrected chi connectivity index (χ2v) is 7.59. The van der Waals surface area contributed by atoms with E-state index < -0.39 is 0 Å². The number of amides is 2. The summed E-state index contributed by atoms with van der Waals surface area (Å²) in [6.07, 6.45) is 8.32. The lowest BCUT2D eigenvalue weighted by atomic mass is 9.96. The molecule has 4 rings (SSSR count). The highest BCUT2D eigenvalue weighted by atomic mass is 16.2. The van der Waals surface area contributed by atoms with E-state index in [-0.39, 0.29) is 17.7 Å². The van der Waals surface area contributed by atoms with Crippen molar-refractivity contribution in [2.75, 3.05) is 32.5 Å². The Bertz CT molecular complexity index is 1090. The van der Waals surface area contributed by atoms with Gasteiger partial charge in [0.1, 0.15) is 5.82 Å². The molecule has 8 nitrogen and oxygen atoms in total. The zero-order valence-corrected chi connectivity index (χ0v) is 17.1. The van der Waals surface area contributed by atoms with Gasteiger partial charge >= 0.3 is 0 Å². The van der Waals surface area contributed by atoms with Crippen LogP contribution in [0.4, 0.5) is 5.82 Å². The third-order valence-corrected chi connectivity index (χ3v) is 5.47. The Kier molecular flexibility index (Phi) is 5.67. The van der Waals surface area contributed by atoms with Gasteiger partial charge in [0.25, 0.3) is 5.91 Å². The van der Waals surface area contributed by atoms with E-state index in [4.69, 9.17) is 0 Å². The van der Waals surface area contributed by atoms with Crippen LogP contribution in [-0.4, -0.2) is 58.9 Å². The number of anilines is 1. The Morgan fingerprint density at radius 2 is 1.77 bits per heavy atom. The number of piperidine rings is 1. The van der Waals surface area contributed by atoms with Crippen molar-refractivity contribution in [1.82, 2.24) is 25.2 Å². The number of hydrogen-bond donors (Lipinski definition) is 2. The molecule has 8 heteroatoms. The average molecular weight is 404 g/mol. The van der Waals surface area contributed by atoms with Crippen molar-refractivity contribution in [1.29, 1.82) is 0 Å². The van der Waals surface area contributed by atoms with Crippen molar-refractivity contribution in [3.8, 4) is 11.1 Å². The lowest BCUT2D eigenvalue weighted by Crippen LogP contribution is -2.36. The third-order valence-electron chi connectivity index (χ3n) is 5.47. The fourth-order valence-electron chi connectivity index (χ4n) is 3.62. The predicted molar refractivity (Wildman–Crippen MR) is 115 cm³/mol. The Morgan fingerprint density at radius 1 is 1.00 bits per heavy atom. The van der Waals surface area contributed by atoms with E-state index in [0.717, 1.165) is 48.0 Å². The topological polar surface area (TPSA) is 100 Å². The van der Waals surface area contributed by atoms with Crippen LogP contribution >= 0.6 is 0 Å². The largest absolute Gasteiger partial charge is 0.355 e. The van der Waals surface area contributed by atoms with Crippen LogP contribution < -0.4 is 10.6 Å². The minimum Gasteiger partial charge on any atom is -0.355 e. The first kappa shape index (κ1) is 19.9. The number of nitrogens with one attached hydrogen (secondary N) is 2. The van der Waals surface area contributed by atoms with Gasteiger partial charge in [-0.15, -0.1) is 0 Å². The van der Waals surface area contributed by atoms with E-state index in [1.807, 2.05) is 12.1 Å². The van der Waals surface area contributed by atoms with Crippen LogP contribution in [0.25, 0.3) is 22.0 Å². The van der Waals surface area contributed by atoms with Crippen molar-refractivity contribution in [3.05, 3.63) is 48.5 Å². The summed E-state index contributed by atoms with van der Waals surface area (Å²) in [6.45, 7) is 1.86. The highest BCUT2D eigenvalue weighted by Gasteiger charge is 2.23. The predicted octanol–water partition coefficient (Wildman–Crippen LogP) is 2.33. The van der Waals surface area contributed by atoms with Gasteiger partial charge in [-0.25, -0.2) is 4.98 Å². The van der Waals surface area contributed by atoms with Crippen molar-refractivity contribution >= 4 is 28.5 Å². The second-order valence-electron chi connectivity index (χ2n) is 7.59. The summed E-state index contributed by atoms with van der Waals surface area (Å²) in [6, 6.07) is 5.56. The molecule has 30 heavy (non-hydrogen) atoms. The van der Waals surface area contributed by atoms with Gasteiger partial charge in [0.05, 0.1) is 17.3 Å². The highest BCUT2D eigenvalue weighted by Crippen LogP contribution is 2.25. The van der Waals surface area contributed by atoms with Crippen LogP contribution in [0.1, 0.15) is 23.2 Å². The number of aromatic nitrogens is 3. The summed E-state index contributed by atoms with van der Waals surface area (Å²) in [5.41, 5.74) is 2.83. The second kappa shape index (κ2) is 8.54. The first-order valence-corrected chi connectivity index (χ1v) is 9.96. The molecule has 0 aliphatic carbocycles. The fraction of sp³-hybridized carbons (Fsp3) is 0.318. The zero-order valence-electron chi connectivity index (χ0n) is 17.1. The summed E-state index contributed by atoms with van der Waals surface area (Å²) >= 11 is 0. The molecule has 154 valence electrons. The molecule has 3 aromatic heterocycles. The van der Waals surface area contributed by atoms with E-state index in [0.29, 0.717) is 11.4 Å². The van der Waals surface area contributed by atoms with E-state index in [1.165, 1.54) is 6.20 Å². The molecular formula is C22H24N6O2. The normalized spacial score (nSPS) is 15.1. The molecule has 0 bridgehead atoms. The van der Waals surface area contributed by atoms with Gasteiger partial charge < -0.3 is 15.5 Å². The summed E-state index contributed by atoms with van der Waals surface area (Å²) in [7, 11) is 3.66. The standard InChI is InChI=1S/C22H24N6O2/c1-23-21(29)18-8-16(10-24-11-18)17-7-15-9-20(26-13-19(15)25-12-17)27-22(30)14-3-5-28(2)6-4-14/h7-14H,3-6H2,1-2H3,(H,23,29)(H,26,27,30). The number of carbonyl (C=O) groups excluding carboxylic acids is 2. The van der Waals surface area contributed by atoms with Crippen LogP contribution in [-0.2, 0) is 4.79 Å². The third kappa shape index (κ3) is 4.28. The molecule has 2 N–H and O–H groups in total. The lowest BCUT2D eigenvalue weighted by molar-refractivity contribution is -0.121. The summed E-state index contributed by atoms with van der Waals surface area (Å²) in [4.78, 5) is 39.7. The molecule has 1 aliphatic rings. The monoisotopic (exact) mass is 404 g/mol. The van der Waals surface area contributed by atoms with E-state index in [2.05, 4.69) is 37.5 Å². The first-order valence-electron chi connectivity index (χ1n) is 9.96. The Balaban J connectivity index is 1.57. The average Bonchev–Trinajstić information content (AvgIpc) is 2.78. The maximum absolute atomic E-state index is 12.6. The number of nitrogens with zero attached hydrogens (tertiary/aromatic N) is 4. The van der Waals surface area contributed by atoms with Crippen molar-refractivity contribution in [2.45, 2.75) is 12.8 Å². The molecule has 0 aromatic carbocycles. The number of hydrogen-bond acceptors (Lipinski definition) is 6. The molecule has 0 unspecified atom stereocenters. The van der Waals surface area contributed by atoms with Crippen LogP contribution in [0.3, 0.4) is 0 Å². The van der Waals surface area contributed by atoms with Gasteiger partial charge in [-0.1, -0.05) is 0 Å². The molecule has 1 fully saturated rings. The quantitative estimate of drug-likeness (QED) is 0.692. The number of carbonyl (C=O) groups is 2. The van der Waals surface area contributed by atoms with Crippen molar-refractivity contribution in [3.63, 3.8) is 0 Å². The molecule has 0 atom stereocenters. The van der Waals surface area contributed by atoms with E-state index >= 15 is 0 Å². The Hall–Kier alpha value is -3.39. The maximum atomic E-state index is 12.6. The van der Waals surface area contributed by atoms with Gasteiger partial charge in [-0.05, 0) is 51.2 Å². The van der Waals surface area contributed by atoms with Gasteiger partial charge in [0.15, 0.2) is 0 Å².